The van der Waals surface area contributed by atoms with Gasteiger partial charge in [0.1, 0.15) is 6.29 Å². The number of hydrogen-bond acceptors (Lipinski definition) is 1. The first-order valence-electron chi connectivity index (χ1n) is 3.85. The lowest BCUT2D eigenvalue weighted by atomic mass is 9.77. The smallest absolute Gasteiger partial charge is 0.127 e. The summed E-state index contributed by atoms with van der Waals surface area (Å²) < 4.78 is 0. The van der Waals surface area contributed by atoms with Gasteiger partial charge in [0.25, 0.3) is 0 Å². The molecule has 0 spiro atoms. The Labute approximate surface area is 66.8 Å². The van der Waals surface area contributed by atoms with Gasteiger partial charge in [-0.15, -0.1) is 11.6 Å². The Bertz CT molecular complexity index is 116. The van der Waals surface area contributed by atoms with Crippen LogP contribution in [0.4, 0.5) is 0 Å². The molecule has 1 rings (SSSR count). The Morgan fingerprint density at radius 3 is 2.20 bits per heavy atom. The number of halogens is 1. The van der Waals surface area contributed by atoms with E-state index in [2.05, 4.69) is 0 Å². The van der Waals surface area contributed by atoms with Crippen LogP contribution < -0.4 is 0 Å². The zero-order valence-corrected chi connectivity index (χ0v) is 6.86. The molecule has 1 saturated carbocycles. The molecule has 10 heavy (non-hydrogen) atoms. The normalized spacial score (nSPS) is 24.1. The maximum Gasteiger partial charge on any atom is 0.127 e. The van der Waals surface area contributed by atoms with Crippen molar-refractivity contribution in [1.29, 1.82) is 0 Å². The number of carbonyl (C=O) groups is 1. The number of alkyl halides is 1. The van der Waals surface area contributed by atoms with E-state index in [-0.39, 0.29) is 5.41 Å². The topological polar surface area (TPSA) is 17.1 Å². The fourth-order valence-electron chi connectivity index (χ4n) is 1.54. The lowest BCUT2D eigenvalue weighted by molar-refractivity contribution is -0.116. The van der Waals surface area contributed by atoms with Gasteiger partial charge in [0, 0.05) is 11.3 Å². The van der Waals surface area contributed by atoms with E-state index in [0.29, 0.717) is 5.88 Å². The van der Waals surface area contributed by atoms with E-state index in [0.717, 1.165) is 19.1 Å². The van der Waals surface area contributed by atoms with E-state index in [1.807, 2.05) is 0 Å². The fourth-order valence-corrected chi connectivity index (χ4v) is 1.87. The second kappa shape index (κ2) is 3.38. The molecule has 58 valence electrons. The summed E-state index contributed by atoms with van der Waals surface area (Å²) >= 11 is 5.71. The van der Waals surface area contributed by atoms with Crippen LogP contribution in [0.5, 0.6) is 0 Å². The zero-order valence-electron chi connectivity index (χ0n) is 6.11. The first-order valence-corrected chi connectivity index (χ1v) is 4.39. The van der Waals surface area contributed by atoms with Gasteiger partial charge in [-0.3, -0.25) is 0 Å². The summed E-state index contributed by atoms with van der Waals surface area (Å²) in [6.45, 7) is 0. The lowest BCUT2D eigenvalue weighted by Gasteiger charge is -2.29. The second-order valence-electron chi connectivity index (χ2n) is 3.17. The minimum atomic E-state index is -0.153. The summed E-state index contributed by atoms with van der Waals surface area (Å²) in [5.41, 5.74) is -0.153. The Morgan fingerprint density at radius 2 is 1.90 bits per heavy atom. The molecule has 0 atom stereocenters. The van der Waals surface area contributed by atoms with Crippen molar-refractivity contribution in [3.63, 3.8) is 0 Å². The quantitative estimate of drug-likeness (QED) is 0.448. The highest BCUT2D eigenvalue weighted by Crippen LogP contribution is 2.35. The Morgan fingerprint density at radius 1 is 1.30 bits per heavy atom. The second-order valence-corrected chi connectivity index (χ2v) is 3.44. The molecule has 0 aliphatic heterocycles. The molecule has 0 aromatic rings. The zero-order chi connectivity index (χ0) is 7.45. The lowest BCUT2D eigenvalue weighted by Crippen LogP contribution is -2.27. The summed E-state index contributed by atoms with van der Waals surface area (Å²) in [5, 5.41) is 0. The van der Waals surface area contributed by atoms with Crippen molar-refractivity contribution in [1.82, 2.24) is 0 Å². The molecule has 0 aromatic carbocycles. The number of rotatable bonds is 2. The summed E-state index contributed by atoms with van der Waals surface area (Å²) in [4.78, 5) is 10.6. The molecule has 0 saturated heterocycles. The first kappa shape index (κ1) is 8.06. The van der Waals surface area contributed by atoms with Crippen LogP contribution in [0.15, 0.2) is 0 Å². The monoisotopic (exact) mass is 160 g/mol. The number of hydrogen-bond donors (Lipinski definition) is 0. The van der Waals surface area contributed by atoms with Crippen molar-refractivity contribution in [2.24, 2.45) is 5.41 Å². The molecule has 0 radical (unpaired) electrons. The third-order valence-corrected chi connectivity index (χ3v) is 2.90. The molecule has 1 aliphatic rings. The highest BCUT2D eigenvalue weighted by molar-refractivity contribution is 6.19. The predicted molar refractivity (Wildman–Crippen MR) is 42.3 cm³/mol. The molecular weight excluding hydrogens is 148 g/mol. The molecule has 0 bridgehead atoms. The maximum absolute atomic E-state index is 10.6. The third-order valence-electron chi connectivity index (χ3n) is 2.37. The molecule has 0 N–H and O–H groups in total. The van der Waals surface area contributed by atoms with Gasteiger partial charge in [-0.25, -0.2) is 0 Å². The van der Waals surface area contributed by atoms with Crippen molar-refractivity contribution in [3.05, 3.63) is 0 Å². The van der Waals surface area contributed by atoms with Crippen LogP contribution in [-0.4, -0.2) is 12.2 Å². The molecule has 1 nitrogen and oxygen atoms in total. The van der Waals surface area contributed by atoms with Crippen molar-refractivity contribution >= 4 is 17.9 Å². The first-order chi connectivity index (χ1) is 4.83. The predicted octanol–water partition coefficient (Wildman–Crippen LogP) is 2.37. The number of aldehydes is 1. The SMILES string of the molecule is O=CC1(CCl)CCCCC1. The summed E-state index contributed by atoms with van der Waals surface area (Å²) in [5.74, 6) is 0.510. The van der Waals surface area contributed by atoms with Crippen LogP contribution in [0.1, 0.15) is 32.1 Å². The van der Waals surface area contributed by atoms with Crippen LogP contribution in [0.2, 0.25) is 0 Å². The van der Waals surface area contributed by atoms with Crippen LogP contribution in [0.25, 0.3) is 0 Å². The fraction of sp³-hybridized carbons (Fsp3) is 0.875. The molecule has 1 fully saturated rings. The van der Waals surface area contributed by atoms with Gasteiger partial charge in [0.2, 0.25) is 0 Å². The highest BCUT2D eigenvalue weighted by Gasteiger charge is 2.30. The minimum absolute atomic E-state index is 0.153. The van der Waals surface area contributed by atoms with Gasteiger partial charge in [0.05, 0.1) is 0 Å². The summed E-state index contributed by atoms with van der Waals surface area (Å²) in [6, 6.07) is 0. The molecule has 2 heteroatoms. The largest absolute Gasteiger partial charge is 0.303 e. The van der Waals surface area contributed by atoms with E-state index in [9.17, 15) is 4.79 Å². The maximum atomic E-state index is 10.6. The Balaban J connectivity index is 2.52. The van der Waals surface area contributed by atoms with E-state index < -0.39 is 0 Å². The Kier molecular flexibility index (Phi) is 2.72. The van der Waals surface area contributed by atoms with Gasteiger partial charge in [-0.05, 0) is 12.8 Å². The number of carbonyl (C=O) groups excluding carboxylic acids is 1. The van der Waals surface area contributed by atoms with Crippen molar-refractivity contribution in [2.45, 2.75) is 32.1 Å². The molecule has 1 aliphatic carbocycles. The minimum Gasteiger partial charge on any atom is -0.303 e. The van der Waals surface area contributed by atoms with E-state index >= 15 is 0 Å². The summed E-state index contributed by atoms with van der Waals surface area (Å²) in [6.07, 6.45) is 6.67. The Hall–Kier alpha value is -0.0400. The highest BCUT2D eigenvalue weighted by atomic mass is 35.5. The standard InChI is InChI=1S/C8H13ClO/c9-6-8(7-10)4-2-1-3-5-8/h7H,1-6H2. The molecule has 0 heterocycles. The van der Waals surface area contributed by atoms with E-state index in [4.69, 9.17) is 11.6 Å². The van der Waals surface area contributed by atoms with Crippen LogP contribution in [0.3, 0.4) is 0 Å². The average molecular weight is 161 g/mol. The van der Waals surface area contributed by atoms with Crippen LogP contribution in [0, 0.1) is 5.41 Å². The van der Waals surface area contributed by atoms with Crippen molar-refractivity contribution in [2.75, 3.05) is 5.88 Å². The van der Waals surface area contributed by atoms with Crippen molar-refractivity contribution < 1.29 is 4.79 Å². The molecule has 0 amide bonds. The van der Waals surface area contributed by atoms with Gasteiger partial charge in [-0.1, -0.05) is 19.3 Å². The van der Waals surface area contributed by atoms with Gasteiger partial charge >= 0.3 is 0 Å². The molecule has 0 unspecified atom stereocenters. The van der Waals surface area contributed by atoms with Gasteiger partial charge in [-0.2, -0.15) is 0 Å². The molecular formula is C8H13ClO. The third kappa shape index (κ3) is 1.51. The summed E-state index contributed by atoms with van der Waals surface area (Å²) in [7, 11) is 0. The van der Waals surface area contributed by atoms with Crippen molar-refractivity contribution in [3.8, 4) is 0 Å². The van der Waals surface area contributed by atoms with E-state index in [1.54, 1.807) is 0 Å². The van der Waals surface area contributed by atoms with E-state index in [1.165, 1.54) is 19.3 Å². The van der Waals surface area contributed by atoms with Gasteiger partial charge < -0.3 is 4.79 Å². The molecule has 0 aromatic heterocycles. The van der Waals surface area contributed by atoms with Crippen LogP contribution >= 0.6 is 11.6 Å². The average Bonchev–Trinajstić information content (AvgIpc) is 2.06. The van der Waals surface area contributed by atoms with Crippen LogP contribution in [-0.2, 0) is 4.79 Å². The van der Waals surface area contributed by atoms with Gasteiger partial charge in [0.15, 0.2) is 0 Å².